The van der Waals surface area contributed by atoms with Gasteiger partial charge in [0, 0.05) is 27.2 Å². The van der Waals surface area contributed by atoms with Crippen molar-refractivity contribution in [1.82, 2.24) is 0 Å². The average molecular weight is 1280 g/mol. The molecule has 7 rings (SSSR count). The Hall–Kier alpha value is -3.72. The van der Waals surface area contributed by atoms with Crippen molar-refractivity contribution in [3.63, 3.8) is 0 Å². The maximum atomic E-state index is 16.0. The molecule has 0 aliphatic heterocycles. The van der Waals surface area contributed by atoms with Crippen LogP contribution in [0.4, 0.5) is 52.7 Å². The van der Waals surface area contributed by atoms with E-state index in [1.807, 2.05) is 6.07 Å². The van der Waals surface area contributed by atoms with E-state index in [0.29, 0.717) is 39.6 Å². The second kappa shape index (κ2) is 26.3. The van der Waals surface area contributed by atoms with Crippen molar-refractivity contribution in [3.05, 3.63) is 195 Å². The standard InChI is InChI=1S/C25H29O4Se.C24BCl8F12/c1-26-16-17-27-18-19-28-20-21-29-24-14-8-9-15-25(24)30(22-10-4-2-5-11-22)23-12-6-3-7-13-23;26-5-1(13(34)21(42)17(38)9(5)30)25(2-6(27)10(31)18(39)22(43)14(2)35,3-7(28)11(32)19(40)23(44)15(3)36)4-8(29)12(33)20(41)24(45)16(4)37/h2-15H,16-21H2,1H3;/q+1;-1. The number of hydrogen-bond donors (Lipinski definition) is 0. The molecule has 0 aliphatic carbocycles. The summed E-state index contributed by atoms with van der Waals surface area (Å²) in [4.78, 5) is 0. The second-order valence-electron chi connectivity index (χ2n) is 15.2. The third kappa shape index (κ3) is 11.9. The molecule has 7 aromatic rings. The molecule has 0 atom stereocenters. The first kappa shape index (κ1) is 60.5. The molecule has 0 heterocycles. The van der Waals surface area contributed by atoms with Crippen LogP contribution in [0.2, 0.25) is 40.2 Å². The van der Waals surface area contributed by atoms with Crippen molar-refractivity contribution in [3.8, 4) is 5.75 Å². The van der Waals surface area contributed by atoms with Gasteiger partial charge in [-0.05, 0) is 0 Å². The van der Waals surface area contributed by atoms with Gasteiger partial charge in [0.25, 0.3) is 0 Å². The number of hydrogen-bond acceptors (Lipinski definition) is 4. The molecule has 0 aliphatic rings. The van der Waals surface area contributed by atoms with Gasteiger partial charge in [0.05, 0.1) is 20.1 Å². The van der Waals surface area contributed by atoms with Gasteiger partial charge in [-0.2, -0.15) is 0 Å². The molecular formula is C49H29BCl8F12O4Se. The summed E-state index contributed by atoms with van der Waals surface area (Å²) in [5.41, 5.74) is -8.47. The fourth-order valence-corrected chi connectivity index (χ4v) is 14.4. The van der Waals surface area contributed by atoms with Crippen molar-refractivity contribution in [2.75, 3.05) is 46.8 Å². The van der Waals surface area contributed by atoms with E-state index in [2.05, 4.69) is 78.9 Å². The Balaban J connectivity index is 0.000000264. The Morgan fingerprint density at radius 3 is 0.973 bits per heavy atom. The van der Waals surface area contributed by atoms with Crippen molar-refractivity contribution >= 4 is 148 Å². The predicted octanol–water partition coefficient (Wildman–Crippen LogP) is 12.2. The summed E-state index contributed by atoms with van der Waals surface area (Å²) < 4.78 is 209. The van der Waals surface area contributed by atoms with Crippen LogP contribution in [0.5, 0.6) is 5.75 Å². The summed E-state index contributed by atoms with van der Waals surface area (Å²) in [6.45, 7) is 3.36. The van der Waals surface area contributed by atoms with E-state index in [0.717, 1.165) is 5.75 Å². The monoisotopic (exact) mass is 1280 g/mol. The first-order chi connectivity index (χ1) is 35.6. The molecule has 75 heavy (non-hydrogen) atoms. The van der Waals surface area contributed by atoms with Gasteiger partial charge in [0.1, 0.15) is 29.4 Å². The minimum atomic E-state index is -5.62. The van der Waals surface area contributed by atoms with E-state index in [9.17, 15) is 17.6 Å². The molecule has 0 spiro atoms. The molecule has 398 valence electrons. The fraction of sp³-hybridized carbons (Fsp3) is 0.143. The number of halogens is 20. The SMILES string of the molecule is COCCOCCOCCOc1ccccc1[Se+](c1ccccc1)c1ccccc1.Fc1c(F)c(Cl)c(Cl)c([B-](c2c(F)c(F)c(F)c(Cl)c2Cl)(c2c(F)c(F)c(F)c(Cl)c2Cl)c2c(F)c(F)c(F)c(Cl)c2Cl)c1F. The molecule has 0 fully saturated rings. The summed E-state index contributed by atoms with van der Waals surface area (Å²) in [6.07, 6.45) is -5.62. The minimum Gasteiger partial charge on any atom is -0.207 e. The molecule has 0 saturated heterocycles. The summed E-state index contributed by atoms with van der Waals surface area (Å²) in [6, 6.07) is 29.9. The van der Waals surface area contributed by atoms with Gasteiger partial charge >= 0.3 is 177 Å². The zero-order valence-electron chi connectivity index (χ0n) is 37.5. The maximum Gasteiger partial charge on any atom is 0.192 e. The van der Waals surface area contributed by atoms with Gasteiger partial charge in [-0.1, -0.05) is 92.8 Å². The predicted molar refractivity (Wildman–Crippen MR) is 273 cm³/mol. The van der Waals surface area contributed by atoms with E-state index in [1.165, 1.54) is 13.4 Å². The quantitative estimate of drug-likeness (QED) is 0.0299. The number of ether oxygens (including phenoxy) is 4. The number of benzene rings is 7. The van der Waals surface area contributed by atoms with Gasteiger partial charge in [-0.25, -0.2) is 52.7 Å². The zero-order chi connectivity index (χ0) is 55.2. The Labute approximate surface area is 463 Å². The molecule has 4 nitrogen and oxygen atoms in total. The molecule has 0 unspecified atom stereocenters. The fourth-order valence-electron chi connectivity index (χ4n) is 7.79. The zero-order valence-corrected chi connectivity index (χ0v) is 45.3. The Kier molecular flexibility index (Phi) is 21.2. The smallest absolute Gasteiger partial charge is 0.192 e. The normalized spacial score (nSPS) is 11.6. The Bertz CT molecular complexity index is 2810. The second-order valence-corrected chi connectivity index (χ2v) is 22.5. The van der Waals surface area contributed by atoms with Gasteiger partial charge in [0.2, 0.25) is 0 Å². The van der Waals surface area contributed by atoms with Crippen LogP contribution in [-0.4, -0.2) is 66.8 Å². The summed E-state index contributed by atoms with van der Waals surface area (Å²) >= 11 is 45.2. The minimum absolute atomic E-state index is 0.511. The molecule has 0 radical (unpaired) electrons. The third-order valence-corrected chi connectivity index (χ3v) is 19.2. The molecule has 0 N–H and O–H groups in total. The Morgan fingerprint density at radius 1 is 0.347 bits per heavy atom. The third-order valence-electron chi connectivity index (χ3n) is 11.0. The average Bonchev–Trinajstić information content (AvgIpc) is 3.43. The van der Waals surface area contributed by atoms with Crippen molar-refractivity contribution < 1.29 is 71.6 Å². The number of para-hydroxylation sites is 1. The van der Waals surface area contributed by atoms with E-state index in [-0.39, 0.29) is 0 Å². The van der Waals surface area contributed by atoms with Gasteiger partial charge < -0.3 is 0 Å². The topological polar surface area (TPSA) is 36.9 Å². The molecule has 7 aromatic carbocycles. The van der Waals surface area contributed by atoms with Crippen molar-refractivity contribution in [1.29, 1.82) is 0 Å². The molecular weight excluding hydrogens is 1250 g/mol. The van der Waals surface area contributed by atoms with Crippen LogP contribution in [0.15, 0.2) is 84.9 Å². The van der Waals surface area contributed by atoms with E-state index < -0.39 is 152 Å². The van der Waals surface area contributed by atoms with Gasteiger partial charge in [-0.15, -0.1) is 21.9 Å². The van der Waals surface area contributed by atoms with Crippen molar-refractivity contribution in [2.45, 2.75) is 0 Å². The van der Waals surface area contributed by atoms with Crippen LogP contribution < -0.4 is 40.0 Å². The van der Waals surface area contributed by atoms with Crippen LogP contribution in [0, 0.1) is 69.8 Å². The van der Waals surface area contributed by atoms with Gasteiger partial charge in [-0.3, -0.25) is 0 Å². The number of rotatable bonds is 17. The molecule has 0 aromatic heterocycles. The van der Waals surface area contributed by atoms with E-state index in [1.54, 1.807) is 7.11 Å². The van der Waals surface area contributed by atoms with E-state index >= 15 is 35.1 Å². The summed E-state index contributed by atoms with van der Waals surface area (Å²) in [5, 5.41) is -13.9. The molecule has 0 amide bonds. The summed E-state index contributed by atoms with van der Waals surface area (Å²) in [7, 11) is 1.66. The molecule has 0 saturated carbocycles. The van der Waals surface area contributed by atoms with Crippen LogP contribution in [0.3, 0.4) is 0 Å². The first-order valence-electron chi connectivity index (χ1n) is 21.0. The first-order valence-corrected chi connectivity index (χ1v) is 26.6. The number of methoxy groups -OCH3 is 1. The van der Waals surface area contributed by atoms with E-state index in [4.69, 9.17) is 112 Å². The van der Waals surface area contributed by atoms with Crippen LogP contribution in [-0.2, 0) is 14.2 Å². The summed E-state index contributed by atoms with van der Waals surface area (Å²) in [5.74, 6) is -30.3. The molecule has 26 heteroatoms. The van der Waals surface area contributed by atoms with Crippen LogP contribution in [0.1, 0.15) is 0 Å². The van der Waals surface area contributed by atoms with Crippen molar-refractivity contribution in [2.24, 2.45) is 0 Å². The Morgan fingerprint density at radius 2 is 0.640 bits per heavy atom. The van der Waals surface area contributed by atoms with Crippen LogP contribution in [0.25, 0.3) is 0 Å². The largest absolute Gasteiger partial charge is 0.207 e. The molecule has 0 bridgehead atoms. The maximum absolute atomic E-state index is 16.0. The van der Waals surface area contributed by atoms with Gasteiger partial charge in [0.15, 0.2) is 46.5 Å². The van der Waals surface area contributed by atoms with Crippen LogP contribution >= 0.6 is 92.8 Å².